The van der Waals surface area contributed by atoms with Gasteiger partial charge in [0, 0.05) is 0 Å². The molecule has 1 rings (SSSR count). The van der Waals surface area contributed by atoms with Crippen LogP contribution in [-0.2, 0) is 12.0 Å². The van der Waals surface area contributed by atoms with Gasteiger partial charge in [0.15, 0.2) is 0 Å². The summed E-state index contributed by atoms with van der Waals surface area (Å²) in [6, 6.07) is 8.54. The number of halogens is 1. The van der Waals surface area contributed by atoms with Gasteiger partial charge in [-0.05, 0) is 42.2 Å². The van der Waals surface area contributed by atoms with E-state index in [1.54, 1.807) is 0 Å². The van der Waals surface area contributed by atoms with Gasteiger partial charge in [-0.1, -0.05) is 45.0 Å². The van der Waals surface area contributed by atoms with E-state index < -0.39 is 0 Å². The van der Waals surface area contributed by atoms with Crippen LogP contribution in [0.15, 0.2) is 24.3 Å². The lowest BCUT2D eigenvalue weighted by Gasteiger charge is -2.32. The summed E-state index contributed by atoms with van der Waals surface area (Å²) in [4.78, 5) is 2.98. The molecule has 0 unspecified atom stereocenters. The predicted molar refractivity (Wildman–Crippen MR) is 67.1 cm³/mol. The second-order valence-corrected chi connectivity index (χ2v) is 4.08. The molecule has 0 aliphatic rings. The zero-order chi connectivity index (χ0) is 11.3. The van der Waals surface area contributed by atoms with Crippen molar-refractivity contribution in [3.05, 3.63) is 35.4 Å². The van der Waals surface area contributed by atoms with Gasteiger partial charge in [-0.3, -0.25) is 0 Å². The molecular weight excluding hydrogens is 206 g/mol. The fraction of sp³-hybridized carbons (Fsp3) is 0.538. The molecule has 0 atom stereocenters. The average molecular weight is 226 g/mol. The Kier molecular flexibility index (Phi) is 4.62. The third kappa shape index (κ3) is 2.35. The molecule has 0 radical (unpaired) electrons. The van der Waals surface area contributed by atoms with Gasteiger partial charge in [0.1, 0.15) is 0 Å². The van der Waals surface area contributed by atoms with Crippen LogP contribution in [0.3, 0.4) is 0 Å². The summed E-state index contributed by atoms with van der Waals surface area (Å²) in [7, 11) is 0. The van der Waals surface area contributed by atoms with E-state index >= 15 is 0 Å². The van der Waals surface area contributed by atoms with Gasteiger partial charge in [-0.15, -0.1) is 0 Å². The number of rotatable bonds is 5. The first kappa shape index (κ1) is 12.5. The molecule has 0 saturated carbocycles. The molecule has 0 spiro atoms. The Balaban J connectivity index is 3.21. The molecule has 1 aromatic carbocycles. The molecule has 1 N–H and O–H groups in total. The highest BCUT2D eigenvalue weighted by Gasteiger charge is 2.28. The van der Waals surface area contributed by atoms with E-state index in [4.69, 9.17) is 11.8 Å². The van der Waals surface area contributed by atoms with E-state index in [1.165, 1.54) is 11.1 Å². The topological polar surface area (TPSA) is 12.0 Å². The maximum Gasteiger partial charge on any atom is 0.0577 e. The highest BCUT2D eigenvalue weighted by atomic mass is 35.5. The number of aryl methyl sites for hydroxylation is 1. The number of benzene rings is 1. The zero-order valence-corrected chi connectivity index (χ0v) is 10.6. The molecule has 0 aromatic heterocycles. The van der Waals surface area contributed by atoms with Gasteiger partial charge in [0.2, 0.25) is 0 Å². The molecule has 0 aliphatic carbocycles. The second kappa shape index (κ2) is 5.53. The van der Waals surface area contributed by atoms with Crippen molar-refractivity contribution < 1.29 is 0 Å². The van der Waals surface area contributed by atoms with Crippen molar-refractivity contribution in [3.8, 4) is 0 Å². The Hall–Kier alpha value is -0.530. The first-order valence-corrected chi connectivity index (χ1v) is 6.08. The van der Waals surface area contributed by atoms with Crippen molar-refractivity contribution >= 4 is 11.8 Å². The number of hydrogen-bond acceptors (Lipinski definition) is 1. The maximum atomic E-state index is 5.94. The lowest BCUT2D eigenvalue weighted by Crippen LogP contribution is -2.36. The Morgan fingerprint density at radius 2 is 1.73 bits per heavy atom. The summed E-state index contributed by atoms with van der Waals surface area (Å²) in [6.07, 6.45) is 3.06. The van der Waals surface area contributed by atoms with Gasteiger partial charge in [0.05, 0.1) is 5.54 Å². The Morgan fingerprint density at radius 1 is 1.13 bits per heavy atom. The summed E-state index contributed by atoms with van der Waals surface area (Å²) in [5.74, 6) is 0. The highest BCUT2D eigenvalue weighted by molar-refractivity contribution is 6.13. The van der Waals surface area contributed by atoms with Crippen LogP contribution in [0.5, 0.6) is 0 Å². The molecule has 0 saturated heterocycles. The van der Waals surface area contributed by atoms with Crippen molar-refractivity contribution in [3.63, 3.8) is 0 Å². The monoisotopic (exact) mass is 225 g/mol. The quantitative estimate of drug-likeness (QED) is 0.747. The Labute approximate surface area is 98.0 Å². The molecule has 0 aliphatic heterocycles. The van der Waals surface area contributed by atoms with Gasteiger partial charge in [0.25, 0.3) is 0 Å². The smallest absolute Gasteiger partial charge is 0.0577 e. The van der Waals surface area contributed by atoms with Crippen LogP contribution in [0.4, 0.5) is 0 Å². The summed E-state index contributed by atoms with van der Waals surface area (Å²) in [5.41, 5.74) is 2.65. The molecule has 15 heavy (non-hydrogen) atoms. The molecule has 0 fully saturated rings. The summed E-state index contributed by atoms with van der Waals surface area (Å²) in [5, 5.41) is 0. The summed E-state index contributed by atoms with van der Waals surface area (Å²) < 4.78 is 0. The third-order valence-electron chi connectivity index (χ3n) is 3.30. The summed E-state index contributed by atoms with van der Waals surface area (Å²) in [6.45, 7) is 6.53. The maximum absolute atomic E-state index is 5.94. The first-order chi connectivity index (χ1) is 7.24. The minimum atomic E-state index is -0.0752. The lowest BCUT2D eigenvalue weighted by atomic mass is 9.82. The van der Waals surface area contributed by atoms with Gasteiger partial charge in [-0.25, -0.2) is 4.84 Å². The minimum Gasteiger partial charge on any atom is -0.223 e. The first-order valence-electron chi connectivity index (χ1n) is 5.70. The van der Waals surface area contributed by atoms with Crippen molar-refractivity contribution in [2.24, 2.45) is 0 Å². The van der Waals surface area contributed by atoms with E-state index in [1.807, 2.05) is 0 Å². The average Bonchev–Trinajstić information content (AvgIpc) is 2.33. The molecule has 1 nitrogen and oxygen atoms in total. The van der Waals surface area contributed by atoms with Crippen LogP contribution in [0.25, 0.3) is 0 Å². The summed E-state index contributed by atoms with van der Waals surface area (Å²) >= 11 is 5.94. The minimum absolute atomic E-state index is 0.0752. The zero-order valence-electron chi connectivity index (χ0n) is 9.81. The van der Waals surface area contributed by atoms with Crippen LogP contribution in [-0.4, -0.2) is 0 Å². The third-order valence-corrected chi connectivity index (χ3v) is 3.66. The Morgan fingerprint density at radius 3 is 2.20 bits per heavy atom. The SMILES string of the molecule is CCc1ccccc1C(CC)(CC)NCl. The normalized spacial score (nSPS) is 11.7. The molecule has 0 amide bonds. The fourth-order valence-corrected chi connectivity index (χ4v) is 2.48. The second-order valence-electron chi connectivity index (χ2n) is 3.89. The molecule has 1 aromatic rings. The number of nitrogens with one attached hydrogen (secondary N) is 1. The molecular formula is C13H20ClN. The predicted octanol–water partition coefficient (Wildman–Crippen LogP) is 4.01. The largest absolute Gasteiger partial charge is 0.223 e. The van der Waals surface area contributed by atoms with Crippen molar-refractivity contribution in [2.45, 2.75) is 45.6 Å². The van der Waals surface area contributed by atoms with E-state index in [-0.39, 0.29) is 5.54 Å². The molecule has 0 heterocycles. The van der Waals surface area contributed by atoms with E-state index in [2.05, 4.69) is 49.9 Å². The lowest BCUT2D eigenvalue weighted by molar-refractivity contribution is 0.372. The molecule has 2 heteroatoms. The van der Waals surface area contributed by atoms with Crippen molar-refractivity contribution in [1.82, 2.24) is 4.84 Å². The van der Waals surface area contributed by atoms with Crippen LogP contribution >= 0.6 is 11.8 Å². The fourth-order valence-electron chi connectivity index (χ4n) is 2.11. The Bertz CT molecular complexity index is 297. The van der Waals surface area contributed by atoms with E-state index in [0.29, 0.717) is 0 Å². The van der Waals surface area contributed by atoms with Crippen LogP contribution in [0.1, 0.15) is 44.7 Å². The standard InChI is InChI=1S/C13H20ClN/c1-4-11-9-7-8-10-12(11)13(5-2,6-3)15-14/h7-10,15H,4-6H2,1-3H3. The van der Waals surface area contributed by atoms with E-state index in [0.717, 1.165) is 19.3 Å². The molecule has 0 bridgehead atoms. The number of hydrogen-bond donors (Lipinski definition) is 1. The van der Waals surface area contributed by atoms with Gasteiger partial charge >= 0.3 is 0 Å². The van der Waals surface area contributed by atoms with Gasteiger partial charge < -0.3 is 0 Å². The van der Waals surface area contributed by atoms with Crippen LogP contribution < -0.4 is 4.84 Å². The van der Waals surface area contributed by atoms with Crippen molar-refractivity contribution in [2.75, 3.05) is 0 Å². The van der Waals surface area contributed by atoms with Crippen molar-refractivity contribution in [1.29, 1.82) is 0 Å². The van der Waals surface area contributed by atoms with Gasteiger partial charge in [-0.2, -0.15) is 0 Å². The highest BCUT2D eigenvalue weighted by Crippen LogP contribution is 2.32. The van der Waals surface area contributed by atoms with Crippen LogP contribution in [0.2, 0.25) is 0 Å². The molecule has 84 valence electrons. The van der Waals surface area contributed by atoms with E-state index in [9.17, 15) is 0 Å². The van der Waals surface area contributed by atoms with Crippen LogP contribution in [0, 0.1) is 0 Å².